The fourth-order valence-corrected chi connectivity index (χ4v) is 4.18. The van der Waals surface area contributed by atoms with E-state index >= 15 is 0 Å². The van der Waals surface area contributed by atoms with E-state index in [1.165, 1.54) is 0 Å². The number of benzene rings is 1. The third-order valence-electron chi connectivity index (χ3n) is 3.71. The molecule has 0 radical (unpaired) electrons. The summed E-state index contributed by atoms with van der Waals surface area (Å²) < 4.78 is 33.1. The largest absolute Gasteiger partial charge is 0.497 e. The number of nitrogens with one attached hydrogen (secondary N) is 1. The van der Waals surface area contributed by atoms with Gasteiger partial charge in [-0.2, -0.15) is 5.06 Å². The smallest absolute Gasteiger partial charge is 0.218 e. The molecule has 22 heavy (non-hydrogen) atoms. The van der Waals surface area contributed by atoms with Gasteiger partial charge < -0.3 is 4.74 Å². The number of hydroxylamine groups is 2. The summed E-state index contributed by atoms with van der Waals surface area (Å²) in [5.41, 5.74) is 0.860. The molecule has 1 aromatic carbocycles. The zero-order valence-corrected chi connectivity index (χ0v) is 14.3. The zero-order chi connectivity index (χ0) is 16.3. The van der Waals surface area contributed by atoms with Gasteiger partial charge in [-0.25, -0.2) is 13.1 Å². The van der Waals surface area contributed by atoms with Crippen molar-refractivity contribution in [2.75, 3.05) is 27.3 Å². The van der Waals surface area contributed by atoms with Crippen LogP contribution < -0.4 is 9.46 Å². The summed E-state index contributed by atoms with van der Waals surface area (Å²) in [5, 5.41) is 0.956. The van der Waals surface area contributed by atoms with Gasteiger partial charge in [-0.15, -0.1) is 0 Å². The zero-order valence-electron chi connectivity index (χ0n) is 13.4. The summed E-state index contributed by atoms with van der Waals surface area (Å²) in [6.45, 7) is 4.51. The number of hydrogen-bond acceptors (Lipinski definition) is 5. The second-order valence-electron chi connectivity index (χ2n) is 5.89. The molecule has 2 unspecified atom stereocenters. The first-order chi connectivity index (χ1) is 10.3. The minimum atomic E-state index is -3.46. The van der Waals surface area contributed by atoms with Crippen LogP contribution in [0.4, 0.5) is 0 Å². The highest BCUT2D eigenvalue weighted by molar-refractivity contribution is 7.90. The van der Waals surface area contributed by atoms with E-state index in [1.54, 1.807) is 19.2 Å². The summed E-state index contributed by atoms with van der Waals surface area (Å²) in [5.74, 6) is 0.953. The number of hydrogen-bond donors (Lipinski definition) is 1. The van der Waals surface area contributed by atoms with E-state index < -0.39 is 15.3 Å². The predicted molar refractivity (Wildman–Crippen MR) is 85.0 cm³/mol. The van der Waals surface area contributed by atoms with Crippen molar-refractivity contribution in [3.05, 3.63) is 29.8 Å². The number of ether oxygens (including phenoxy) is 1. The van der Waals surface area contributed by atoms with Gasteiger partial charge in [0.05, 0.1) is 19.8 Å². The van der Waals surface area contributed by atoms with Crippen molar-refractivity contribution in [3.63, 3.8) is 0 Å². The minimum absolute atomic E-state index is 0.145. The Morgan fingerprint density at radius 2 is 2.18 bits per heavy atom. The Balaban J connectivity index is 2.27. The van der Waals surface area contributed by atoms with E-state index in [-0.39, 0.29) is 18.6 Å². The molecule has 1 N–H and O–H groups in total. The van der Waals surface area contributed by atoms with Crippen LogP contribution in [0.2, 0.25) is 0 Å². The van der Waals surface area contributed by atoms with Gasteiger partial charge in [-0.3, -0.25) is 4.84 Å². The van der Waals surface area contributed by atoms with Crippen molar-refractivity contribution in [2.45, 2.75) is 25.1 Å². The van der Waals surface area contributed by atoms with Gasteiger partial charge in [0.1, 0.15) is 11.0 Å². The number of sulfonamides is 1. The first-order valence-electron chi connectivity index (χ1n) is 7.33. The van der Waals surface area contributed by atoms with E-state index in [0.717, 1.165) is 5.56 Å². The molecule has 1 fully saturated rings. The van der Waals surface area contributed by atoms with E-state index in [4.69, 9.17) is 9.57 Å². The van der Waals surface area contributed by atoms with Crippen LogP contribution in [0.3, 0.4) is 0 Å². The number of methoxy groups -OCH3 is 1. The van der Waals surface area contributed by atoms with Crippen LogP contribution in [0, 0.1) is 5.92 Å². The molecule has 0 saturated carbocycles. The molecular weight excluding hydrogens is 304 g/mol. The molecule has 2 atom stereocenters. The standard InChI is InChI=1S/C15H24N2O4S/c1-11(2)9-16-22(18,19)14-10-21-17(3)15(14)12-6-5-7-13(8-12)20-4/h5-8,11,14-16H,9-10H2,1-4H3. The van der Waals surface area contributed by atoms with E-state index in [9.17, 15) is 8.42 Å². The molecular formula is C15H24N2O4S. The lowest BCUT2D eigenvalue weighted by molar-refractivity contribution is -0.110. The van der Waals surface area contributed by atoms with Gasteiger partial charge in [-0.1, -0.05) is 26.0 Å². The van der Waals surface area contributed by atoms with Crippen LogP contribution in [-0.2, 0) is 14.9 Å². The van der Waals surface area contributed by atoms with Crippen LogP contribution in [0.5, 0.6) is 5.75 Å². The van der Waals surface area contributed by atoms with Crippen molar-refractivity contribution in [1.82, 2.24) is 9.79 Å². The lowest BCUT2D eigenvalue weighted by Crippen LogP contribution is -2.40. The first-order valence-corrected chi connectivity index (χ1v) is 8.88. The summed E-state index contributed by atoms with van der Waals surface area (Å²) >= 11 is 0. The van der Waals surface area contributed by atoms with Crippen molar-refractivity contribution >= 4 is 10.0 Å². The van der Waals surface area contributed by atoms with Gasteiger partial charge in [-0.05, 0) is 23.6 Å². The summed E-state index contributed by atoms with van der Waals surface area (Å²) in [4.78, 5) is 5.47. The normalized spacial score (nSPS) is 23.1. The highest BCUT2D eigenvalue weighted by atomic mass is 32.2. The molecule has 0 aromatic heterocycles. The topological polar surface area (TPSA) is 67.9 Å². The molecule has 1 saturated heterocycles. The van der Waals surface area contributed by atoms with E-state index in [2.05, 4.69) is 4.72 Å². The lowest BCUT2D eigenvalue weighted by Gasteiger charge is -2.23. The third kappa shape index (κ3) is 3.78. The number of nitrogens with zero attached hydrogens (tertiary/aromatic N) is 1. The van der Waals surface area contributed by atoms with Crippen LogP contribution in [0.25, 0.3) is 0 Å². The van der Waals surface area contributed by atoms with Gasteiger partial charge in [0.2, 0.25) is 10.0 Å². The second kappa shape index (κ2) is 6.95. The molecule has 0 bridgehead atoms. The van der Waals surface area contributed by atoms with Crippen LogP contribution in [0.1, 0.15) is 25.5 Å². The predicted octanol–water partition coefficient (Wildman–Crippen LogP) is 1.56. The maximum atomic E-state index is 12.6. The summed E-state index contributed by atoms with van der Waals surface area (Å²) in [6.07, 6.45) is 0. The van der Waals surface area contributed by atoms with Crippen molar-refractivity contribution in [1.29, 1.82) is 0 Å². The molecule has 0 amide bonds. The van der Waals surface area contributed by atoms with E-state index in [1.807, 2.05) is 38.1 Å². The first kappa shape index (κ1) is 17.2. The Bertz CT molecular complexity index is 603. The molecule has 1 aliphatic heterocycles. The summed E-state index contributed by atoms with van der Waals surface area (Å²) in [7, 11) is -0.121. The second-order valence-corrected chi connectivity index (χ2v) is 7.87. The average Bonchev–Trinajstić information content (AvgIpc) is 2.88. The molecule has 1 heterocycles. The maximum Gasteiger partial charge on any atom is 0.218 e. The Kier molecular flexibility index (Phi) is 5.44. The average molecular weight is 328 g/mol. The van der Waals surface area contributed by atoms with Crippen molar-refractivity contribution < 1.29 is 18.0 Å². The van der Waals surface area contributed by atoms with Crippen molar-refractivity contribution in [2.24, 2.45) is 5.92 Å². The van der Waals surface area contributed by atoms with Crippen LogP contribution in [0.15, 0.2) is 24.3 Å². The van der Waals surface area contributed by atoms with Crippen LogP contribution in [-0.4, -0.2) is 46.0 Å². The summed E-state index contributed by atoms with van der Waals surface area (Å²) in [6, 6.07) is 7.06. The van der Waals surface area contributed by atoms with Gasteiger partial charge >= 0.3 is 0 Å². The third-order valence-corrected chi connectivity index (χ3v) is 5.47. The van der Waals surface area contributed by atoms with Gasteiger partial charge in [0.25, 0.3) is 0 Å². The number of rotatable bonds is 6. The molecule has 6 nitrogen and oxygen atoms in total. The Hall–Kier alpha value is -1.15. The quantitative estimate of drug-likeness (QED) is 0.858. The Morgan fingerprint density at radius 1 is 1.45 bits per heavy atom. The van der Waals surface area contributed by atoms with Gasteiger partial charge in [0.15, 0.2) is 0 Å². The van der Waals surface area contributed by atoms with E-state index in [0.29, 0.717) is 12.3 Å². The Morgan fingerprint density at radius 3 is 2.82 bits per heavy atom. The monoisotopic (exact) mass is 328 g/mol. The molecule has 0 aliphatic carbocycles. The lowest BCUT2D eigenvalue weighted by atomic mass is 10.0. The SMILES string of the molecule is COc1cccc(C2C(S(=O)(=O)NCC(C)C)CON2C)c1. The minimum Gasteiger partial charge on any atom is -0.497 e. The maximum absolute atomic E-state index is 12.6. The Labute approximate surface area is 132 Å². The fourth-order valence-electron chi connectivity index (χ4n) is 2.50. The van der Waals surface area contributed by atoms with Gasteiger partial charge in [0, 0.05) is 13.6 Å². The molecule has 1 aliphatic rings. The van der Waals surface area contributed by atoms with Crippen LogP contribution >= 0.6 is 0 Å². The molecule has 2 rings (SSSR count). The molecule has 1 aromatic rings. The molecule has 7 heteroatoms. The molecule has 0 spiro atoms. The molecule has 124 valence electrons. The highest BCUT2D eigenvalue weighted by Crippen LogP contribution is 2.34. The highest BCUT2D eigenvalue weighted by Gasteiger charge is 2.43. The van der Waals surface area contributed by atoms with Crippen molar-refractivity contribution in [3.8, 4) is 5.75 Å². The fraction of sp³-hybridized carbons (Fsp3) is 0.600.